The van der Waals surface area contributed by atoms with Crippen LogP contribution >= 0.6 is 62.3 Å². The maximum atomic E-state index is 14.1. The van der Waals surface area contributed by atoms with Gasteiger partial charge in [-0.2, -0.15) is 20.2 Å². The van der Waals surface area contributed by atoms with Crippen molar-refractivity contribution < 1.29 is 18.0 Å². The first-order valence-electron chi connectivity index (χ1n) is 7.76. The number of allylic oxidation sites excluding steroid dienone is 2. The number of rotatable bonds is 3. The van der Waals surface area contributed by atoms with E-state index in [1.807, 2.05) is 0 Å². The van der Waals surface area contributed by atoms with Crippen LogP contribution in [0.4, 0.5) is 13.2 Å². The number of nitrogens with zero attached hydrogens (tertiary/aromatic N) is 2. The fourth-order valence-corrected chi connectivity index (χ4v) is 4.44. The maximum Gasteiger partial charge on any atom is 0.435 e. The van der Waals surface area contributed by atoms with Gasteiger partial charge in [-0.05, 0) is 23.8 Å². The highest BCUT2D eigenvalue weighted by molar-refractivity contribution is 9.10. The molecule has 0 bridgehead atoms. The SMILES string of the molecule is C[N-]C1C=CC(C2=NOC(c3cc(Cl)c(Cl)c(Cl)c3)(C(F)(F)F)C2)=CC1(Cl)Br. The van der Waals surface area contributed by atoms with Crippen molar-refractivity contribution in [1.29, 1.82) is 0 Å². The quantitative estimate of drug-likeness (QED) is 0.293. The predicted octanol–water partition coefficient (Wildman–Crippen LogP) is 7.38. The van der Waals surface area contributed by atoms with Gasteiger partial charge in [-0.25, -0.2) is 0 Å². The molecule has 152 valence electrons. The summed E-state index contributed by atoms with van der Waals surface area (Å²) >= 11 is 27.4. The van der Waals surface area contributed by atoms with E-state index in [0.717, 1.165) is 12.1 Å². The van der Waals surface area contributed by atoms with Gasteiger partial charge >= 0.3 is 6.18 Å². The first-order chi connectivity index (χ1) is 12.9. The molecule has 11 heteroatoms. The van der Waals surface area contributed by atoms with E-state index < -0.39 is 22.0 Å². The molecule has 0 amide bonds. The molecular formula is C17H11BrCl4F3N2O-. The number of alkyl halides is 5. The van der Waals surface area contributed by atoms with Crippen LogP contribution in [0.25, 0.3) is 5.32 Å². The van der Waals surface area contributed by atoms with Crippen molar-refractivity contribution in [3.8, 4) is 0 Å². The molecule has 1 aliphatic heterocycles. The molecule has 3 atom stereocenters. The lowest BCUT2D eigenvalue weighted by Crippen LogP contribution is -2.43. The van der Waals surface area contributed by atoms with Gasteiger partial charge in [0.25, 0.3) is 5.60 Å². The van der Waals surface area contributed by atoms with Crippen molar-refractivity contribution >= 4 is 68.0 Å². The van der Waals surface area contributed by atoms with E-state index in [4.69, 9.17) is 51.2 Å². The number of benzene rings is 1. The zero-order valence-electron chi connectivity index (χ0n) is 14.0. The topological polar surface area (TPSA) is 35.7 Å². The fourth-order valence-electron chi connectivity index (χ4n) is 2.95. The molecule has 2 aliphatic rings. The van der Waals surface area contributed by atoms with Crippen LogP contribution in [-0.4, -0.2) is 28.8 Å². The highest BCUT2D eigenvalue weighted by atomic mass is 79.9. The largest absolute Gasteiger partial charge is 0.657 e. The van der Waals surface area contributed by atoms with E-state index in [0.29, 0.717) is 5.57 Å². The molecule has 0 radical (unpaired) electrons. The van der Waals surface area contributed by atoms with E-state index in [1.165, 1.54) is 0 Å². The van der Waals surface area contributed by atoms with Crippen LogP contribution in [0.1, 0.15) is 12.0 Å². The Morgan fingerprint density at radius 1 is 1.25 bits per heavy atom. The second-order valence-corrected chi connectivity index (χ2v) is 9.81. The first-order valence-corrected chi connectivity index (χ1v) is 10.1. The van der Waals surface area contributed by atoms with Gasteiger partial charge in [0, 0.05) is 12.0 Å². The third kappa shape index (κ3) is 3.82. The van der Waals surface area contributed by atoms with Crippen LogP contribution in [0.15, 0.2) is 41.1 Å². The van der Waals surface area contributed by atoms with Crippen molar-refractivity contribution in [3.63, 3.8) is 0 Å². The van der Waals surface area contributed by atoms with Crippen molar-refractivity contribution in [2.45, 2.75) is 28.0 Å². The van der Waals surface area contributed by atoms with Gasteiger partial charge in [-0.3, -0.25) is 0 Å². The molecule has 3 rings (SSSR count). The normalized spacial score (nSPS) is 30.1. The van der Waals surface area contributed by atoms with E-state index in [2.05, 4.69) is 26.4 Å². The second kappa shape index (κ2) is 7.67. The highest BCUT2D eigenvalue weighted by Gasteiger charge is 2.62. The van der Waals surface area contributed by atoms with E-state index >= 15 is 0 Å². The van der Waals surface area contributed by atoms with Gasteiger partial charge in [-0.15, -0.1) is 11.6 Å². The summed E-state index contributed by atoms with van der Waals surface area (Å²) in [7, 11) is 1.59. The highest BCUT2D eigenvalue weighted by Crippen LogP contribution is 2.51. The molecule has 0 aromatic heterocycles. The third-order valence-electron chi connectivity index (χ3n) is 4.45. The Bertz CT molecular complexity index is 878. The summed E-state index contributed by atoms with van der Waals surface area (Å²) in [5.74, 6) is 0. The van der Waals surface area contributed by atoms with Crippen LogP contribution in [0.2, 0.25) is 15.1 Å². The van der Waals surface area contributed by atoms with Gasteiger partial charge < -0.3 is 10.2 Å². The van der Waals surface area contributed by atoms with Gasteiger partial charge in [0.15, 0.2) is 0 Å². The third-order valence-corrected chi connectivity index (χ3v) is 6.68. The molecule has 1 aromatic carbocycles. The number of halogens is 8. The molecule has 3 nitrogen and oxygen atoms in total. The molecule has 0 saturated heterocycles. The van der Waals surface area contributed by atoms with Crippen molar-refractivity contribution in [3.05, 3.63) is 61.9 Å². The van der Waals surface area contributed by atoms with Crippen LogP contribution in [-0.2, 0) is 10.4 Å². The van der Waals surface area contributed by atoms with Gasteiger partial charge in [0.2, 0.25) is 0 Å². The lowest BCUT2D eigenvalue weighted by Gasteiger charge is -2.37. The first kappa shape index (κ1) is 22.2. The van der Waals surface area contributed by atoms with E-state index in [9.17, 15) is 13.2 Å². The molecule has 0 spiro atoms. The molecule has 1 aromatic rings. The zero-order valence-corrected chi connectivity index (χ0v) is 18.6. The lowest BCUT2D eigenvalue weighted by atomic mass is 9.85. The molecular weight excluding hydrogens is 527 g/mol. The lowest BCUT2D eigenvalue weighted by molar-refractivity contribution is -0.275. The van der Waals surface area contributed by atoms with Crippen molar-refractivity contribution in [1.82, 2.24) is 0 Å². The number of oxime groups is 1. The molecule has 3 unspecified atom stereocenters. The molecule has 1 aliphatic carbocycles. The smallest absolute Gasteiger partial charge is 0.435 e. The van der Waals surface area contributed by atoms with Crippen molar-refractivity contribution in [2.24, 2.45) is 5.16 Å². The predicted molar refractivity (Wildman–Crippen MR) is 110 cm³/mol. The number of likely N-dealkylation sites (N-methyl/N-ethyl adjacent to an activating group) is 1. The Hall–Kier alpha value is -0.440. The maximum absolute atomic E-state index is 14.1. The average molecular weight is 538 g/mol. The summed E-state index contributed by atoms with van der Waals surface area (Å²) in [6.45, 7) is 0. The Morgan fingerprint density at radius 2 is 1.86 bits per heavy atom. The van der Waals surface area contributed by atoms with Crippen LogP contribution in [0, 0.1) is 0 Å². The minimum absolute atomic E-state index is 0.0398. The van der Waals surface area contributed by atoms with Gasteiger partial charge in [0.05, 0.1) is 20.8 Å². The number of hydrogen-bond donors (Lipinski definition) is 0. The molecule has 0 fully saturated rings. The van der Waals surface area contributed by atoms with Crippen LogP contribution < -0.4 is 0 Å². The van der Waals surface area contributed by atoms with E-state index in [1.54, 1.807) is 25.3 Å². The van der Waals surface area contributed by atoms with E-state index in [-0.39, 0.29) is 32.4 Å². The molecule has 0 saturated carbocycles. The molecule has 0 N–H and O–H groups in total. The average Bonchev–Trinajstić information content (AvgIpc) is 3.05. The minimum Gasteiger partial charge on any atom is -0.657 e. The summed E-state index contributed by atoms with van der Waals surface area (Å²) in [6.07, 6.45) is -0.567. The summed E-state index contributed by atoms with van der Waals surface area (Å²) in [5.41, 5.74) is -2.57. The van der Waals surface area contributed by atoms with Gasteiger partial charge in [0.1, 0.15) is 3.78 Å². The van der Waals surface area contributed by atoms with Crippen molar-refractivity contribution in [2.75, 3.05) is 7.05 Å². The van der Waals surface area contributed by atoms with Crippen LogP contribution in [0.5, 0.6) is 0 Å². The monoisotopic (exact) mass is 535 g/mol. The minimum atomic E-state index is -4.80. The summed E-state index contributed by atoms with van der Waals surface area (Å²) in [4.78, 5) is 4.97. The Morgan fingerprint density at radius 3 is 2.36 bits per heavy atom. The Kier molecular flexibility index (Phi) is 6.10. The van der Waals surface area contributed by atoms with Crippen LogP contribution in [0.3, 0.4) is 0 Å². The Labute approximate surface area is 187 Å². The standard InChI is InChI=1S/C17H11BrCl4F3N2O/c1-26-13-3-2-8(6-16(13,18)22)12-7-15(28-27-12,17(23,24)25)9-4-10(19)14(21)11(20)5-9/h2-6,13H,7H2,1H3/q-1. The fraction of sp³-hybridized carbons (Fsp3) is 0.353. The zero-order chi connectivity index (χ0) is 20.9. The second-order valence-electron chi connectivity index (χ2n) is 6.22. The Balaban J connectivity index is 2.01. The molecule has 1 heterocycles. The summed E-state index contributed by atoms with van der Waals surface area (Å²) in [6, 6.07) is 1.77. The molecule has 28 heavy (non-hydrogen) atoms. The summed E-state index contributed by atoms with van der Waals surface area (Å²) in [5, 5.41) is 7.53. The summed E-state index contributed by atoms with van der Waals surface area (Å²) < 4.78 is 41.1. The number of hydrogen-bond acceptors (Lipinski definition) is 2. The van der Waals surface area contributed by atoms with Gasteiger partial charge in [-0.1, -0.05) is 74.1 Å².